The molecular weight excluding hydrogens is 486 g/mol. The van der Waals surface area contributed by atoms with Crippen LogP contribution in [-0.4, -0.2) is 39.0 Å². The van der Waals surface area contributed by atoms with Crippen molar-refractivity contribution in [2.75, 3.05) is 31.5 Å². The predicted molar refractivity (Wildman–Crippen MR) is 143 cm³/mol. The molecule has 2 bridgehead atoms. The van der Waals surface area contributed by atoms with Crippen molar-refractivity contribution < 1.29 is 28.5 Å². The van der Waals surface area contributed by atoms with Crippen molar-refractivity contribution in [1.82, 2.24) is 5.32 Å². The van der Waals surface area contributed by atoms with E-state index in [1.807, 2.05) is 44.2 Å². The Balaban J connectivity index is 1.67. The Morgan fingerprint density at radius 3 is 2.45 bits per heavy atom. The number of para-hydroxylation sites is 1. The van der Waals surface area contributed by atoms with Gasteiger partial charge in [0.25, 0.3) is 0 Å². The molecular formula is C29H31N3O6. The summed E-state index contributed by atoms with van der Waals surface area (Å²) in [6.45, 7) is 5.68. The van der Waals surface area contributed by atoms with Gasteiger partial charge < -0.3 is 29.6 Å². The van der Waals surface area contributed by atoms with E-state index in [0.29, 0.717) is 39.9 Å². The van der Waals surface area contributed by atoms with E-state index in [0.717, 1.165) is 11.1 Å². The van der Waals surface area contributed by atoms with Crippen molar-refractivity contribution in [3.63, 3.8) is 0 Å². The molecule has 2 heterocycles. The van der Waals surface area contributed by atoms with Gasteiger partial charge in [-0.05, 0) is 50.6 Å². The summed E-state index contributed by atoms with van der Waals surface area (Å²) in [6.07, 6.45) is 0. The van der Waals surface area contributed by atoms with E-state index >= 15 is 0 Å². The summed E-state index contributed by atoms with van der Waals surface area (Å²) >= 11 is 0. The topological polar surface area (TPSA) is 98.4 Å². The average molecular weight is 518 g/mol. The number of fused-ring (bicyclic) bond motifs is 4. The van der Waals surface area contributed by atoms with Crippen molar-refractivity contribution in [1.29, 1.82) is 0 Å². The fraction of sp³-hybridized carbons (Fsp3) is 0.310. The molecule has 0 saturated carbocycles. The van der Waals surface area contributed by atoms with E-state index in [-0.39, 0.29) is 5.91 Å². The molecule has 0 spiro atoms. The molecule has 3 atom stereocenters. The minimum Gasteiger partial charge on any atom is -0.497 e. The molecule has 0 unspecified atom stereocenters. The van der Waals surface area contributed by atoms with Gasteiger partial charge in [-0.1, -0.05) is 29.8 Å². The van der Waals surface area contributed by atoms with Crippen molar-refractivity contribution in [3.8, 4) is 23.0 Å². The molecule has 2 aliphatic heterocycles. The normalized spacial score (nSPS) is 21.5. The second-order valence-corrected chi connectivity index (χ2v) is 9.62. The minimum atomic E-state index is -1.45. The Labute approximate surface area is 221 Å². The van der Waals surface area contributed by atoms with Gasteiger partial charge in [0.1, 0.15) is 17.4 Å². The third-order valence-corrected chi connectivity index (χ3v) is 7.26. The standard InChI is InChI=1S/C29H31N3O6/c1-16-10-12-20(17(2)14-16)30-27(33)24-25-19-8-7-9-22(36-5)26(19)38-29(24,3)32(28(34)31-25)21-13-11-18(35-4)15-23(21)37-6/h7-15,24-25H,1-6H3,(H,30,33)(H,31,34)/t24-,25-,29-/m0/s1. The molecule has 198 valence electrons. The van der Waals surface area contributed by atoms with Crippen molar-refractivity contribution in [2.45, 2.75) is 32.5 Å². The Morgan fingerprint density at radius 2 is 1.76 bits per heavy atom. The fourth-order valence-electron chi connectivity index (χ4n) is 5.43. The first kappa shape index (κ1) is 25.3. The van der Waals surface area contributed by atoms with Crippen LogP contribution in [0.15, 0.2) is 54.6 Å². The van der Waals surface area contributed by atoms with Crippen molar-refractivity contribution in [3.05, 3.63) is 71.3 Å². The number of anilines is 2. The van der Waals surface area contributed by atoms with Crippen LogP contribution in [0.3, 0.4) is 0 Å². The molecule has 3 amide bonds. The molecule has 3 aromatic carbocycles. The maximum absolute atomic E-state index is 14.1. The molecule has 0 aliphatic carbocycles. The summed E-state index contributed by atoms with van der Waals surface area (Å²) in [7, 11) is 4.61. The number of hydrogen-bond donors (Lipinski definition) is 2. The van der Waals surface area contributed by atoms with E-state index in [1.54, 1.807) is 45.4 Å². The molecule has 9 nitrogen and oxygen atoms in total. The molecule has 0 radical (unpaired) electrons. The number of methoxy groups -OCH3 is 3. The summed E-state index contributed by atoms with van der Waals surface area (Å²) in [5.41, 5.74) is 2.37. The van der Waals surface area contributed by atoms with Crippen LogP contribution < -0.4 is 34.5 Å². The van der Waals surface area contributed by atoms with E-state index < -0.39 is 23.7 Å². The molecule has 9 heteroatoms. The van der Waals surface area contributed by atoms with Crippen LogP contribution in [0, 0.1) is 19.8 Å². The predicted octanol–water partition coefficient (Wildman–Crippen LogP) is 4.96. The van der Waals surface area contributed by atoms with E-state index in [1.165, 1.54) is 12.0 Å². The van der Waals surface area contributed by atoms with Gasteiger partial charge >= 0.3 is 6.03 Å². The van der Waals surface area contributed by atoms with Gasteiger partial charge in [-0.25, -0.2) is 4.79 Å². The summed E-state index contributed by atoms with van der Waals surface area (Å²) in [4.78, 5) is 29.2. The van der Waals surface area contributed by atoms with Gasteiger partial charge in [-0.15, -0.1) is 0 Å². The number of hydrogen-bond acceptors (Lipinski definition) is 6. The number of urea groups is 1. The first-order valence-electron chi connectivity index (χ1n) is 12.3. The molecule has 2 N–H and O–H groups in total. The first-order chi connectivity index (χ1) is 18.2. The second kappa shape index (κ2) is 9.48. The third kappa shape index (κ3) is 3.95. The van der Waals surface area contributed by atoms with Gasteiger partial charge in [-0.2, -0.15) is 0 Å². The number of benzene rings is 3. The van der Waals surface area contributed by atoms with Gasteiger partial charge in [0.2, 0.25) is 11.6 Å². The summed E-state index contributed by atoms with van der Waals surface area (Å²) in [6, 6.07) is 15.3. The molecule has 3 aromatic rings. The zero-order valence-corrected chi connectivity index (χ0v) is 22.2. The van der Waals surface area contributed by atoms with E-state index in [4.69, 9.17) is 18.9 Å². The number of ether oxygens (including phenoxy) is 4. The quantitative estimate of drug-likeness (QED) is 0.480. The van der Waals surface area contributed by atoms with Crippen LogP contribution in [0.1, 0.15) is 29.7 Å². The highest BCUT2D eigenvalue weighted by atomic mass is 16.5. The smallest absolute Gasteiger partial charge is 0.325 e. The number of aryl methyl sites for hydroxylation is 2. The Morgan fingerprint density at radius 1 is 1.00 bits per heavy atom. The SMILES string of the molecule is COc1ccc(N2C(=O)N[C@H]3c4cccc(OC)c4O[C@@]2(C)[C@@H]3C(=O)Nc2ccc(C)cc2C)c(OC)c1. The second-order valence-electron chi connectivity index (χ2n) is 9.62. The number of nitrogens with one attached hydrogen (secondary N) is 2. The maximum Gasteiger partial charge on any atom is 0.325 e. The summed E-state index contributed by atoms with van der Waals surface area (Å²) in [5, 5.41) is 6.13. The lowest BCUT2D eigenvalue weighted by atomic mass is 9.78. The third-order valence-electron chi connectivity index (χ3n) is 7.26. The summed E-state index contributed by atoms with van der Waals surface area (Å²) < 4.78 is 23.2. The van der Waals surface area contributed by atoms with Crippen LogP contribution in [-0.2, 0) is 4.79 Å². The maximum atomic E-state index is 14.1. The first-order valence-corrected chi connectivity index (χ1v) is 12.3. The van der Waals surface area contributed by atoms with Gasteiger partial charge in [0.05, 0.1) is 33.1 Å². The highest BCUT2D eigenvalue weighted by molar-refractivity contribution is 6.02. The highest BCUT2D eigenvalue weighted by Crippen LogP contribution is 2.53. The van der Waals surface area contributed by atoms with Gasteiger partial charge in [-0.3, -0.25) is 9.69 Å². The van der Waals surface area contributed by atoms with Gasteiger partial charge in [0.15, 0.2) is 11.5 Å². The summed E-state index contributed by atoms with van der Waals surface area (Å²) in [5.74, 6) is 0.789. The number of carbonyl (C=O) groups excluding carboxylic acids is 2. The fourth-order valence-corrected chi connectivity index (χ4v) is 5.43. The van der Waals surface area contributed by atoms with E-state index in [9.17, 15) is 9.59 Å². The number of nitrogens with zero attached hydrogens (tertiary/aromatic N) is 1. The molecule has 0 aromatic heterocycles. The average Bonchev–Trinajstić information content (AvgIpc) is 2.89. The largest absolute Gasteiger partial charge is 0.497 e. The molecule has 1 saturated heterocycles. The lowest BCUT2D eigenvalue weighted by Crippen LogP contribution is -2.72. The zero-order valence-electron chi connectivity index (χ0n) is 22.2. The van der Waals surface area contributed by atoms with Crippen LogP contribution in [0.2, 0.25) is 0 Å². The Hall–Kier alpha value is -4.40. The zero-order chi connectivity index (χ0) is 27.2. The minimum absolute atomic E-state index is 0.296. The molecule has 5 rings (SSSR count). The van der Waals surface area contributed by atoms with Crippen LogP contribution in [0.5, 0.6) is 23.0 Å². The van der Waals surface area contributed by atoms with Crippen molar-refractivity contribution >= 4 is 23.3 Å². The molecule has 2 aliphatic rings. The monoisotopic (exact) mass is 517 g/mol. The van der Waals surface area contributed by atoms with Crippen molar-refractivity contribution in [2.24, 2.45) is 5.92 Å². The lowest BCUT2D eigenvalue weighted by molar-refractivity contribution is -0.131. The van der Waals surface area contributed by atoms with Crippen LogP contribution in [0.4, 0.5) is 16.2 Å². The van der Waals surface area contributed by atoms with Gasteiger partial charge in [0, 0.05) is 17.3 Å². The van der Waals surface area contributed by atoms with Crippen LogP contribution in [0.25, 0.3) is 0 Å². The Bertz CT molecular complexity index is 1420. The molecule has 38 heavy (non-hydrogen) atoms. The van der Waals surface area contributed by atoms with Crippen LogP contribution >= 0.6 is 0 Å². The van der Waals surface area contributed by atoms with E-state index in [2.05, 4.69) is 10.6 Å². The molecule has 1 fully saturated rings. The number of carbonyl (C=O) groups is 2. The number of amides is 3. The Kier molecular flexibility index (Phi) is 6.30. The highest BCUT2D eigenvalue weighted by Gasteiger charge is 2.61. The lowest BCUT2D eigenvalue weighted by Gasteiger charge is -2.54. The number of rotatable bonds is 6.